The number of fused-ring (bicyclic) bond motifs is 2. The second-order valence-electron chi connectivity index (χ2n) is 8.17. The third kappa shape index (κ3) is 3.53. The fourth-order valence-electron chi connectivity index (χ4n) is 4.60. The fraction of sp³-hybridized carbons (Fsp3) is 0.333. The van der Waals surface area contributed by atoms with Gasteiger partial charge in [0.1, 0.15) is 0 Å². The molecule has 0 fully saturated rings. The molecule has 1 amide bonds. The number of nitrogens with zero attached hydrogens (tertiary/aromatic N) is 4. The summed E-state index contributed by atoms with van der Waals surface area (Å²) in [6.45, 7) is 6.65. The van der Waals surface area contributed by atoms with Gasteiger partial charge in [-0.15, -0.1) is 0 Å². The van der Waals surface area contributed by atoms with Crippen molar-refractivity contribution in [2.75, 3.05) is 26.2 Å². The Morgan fingerprint density at radius 2 is 1.93 bits per heavy atom. The lowest BCUT2D eigenvalue weighted by atomic mass is 9.99. The molecule has 3 heterocycles. The molecule has 0 atom stereocenters. The Morgan fingerprint density at radius 3 is 2.77 bits per heavy atom. The van der Waals surface area contributed by atoms with Gasteiger partial charge in [-0.05, 0) is 35.7 Å². The molecule has 0 bridgehead atoms. The Balaban J connectivity index is 1.41. The quantitative estimate of drug-likeness (QED) is 0.754. The lowest BCUT2D eigenvalue weighted by Gasteiger charge is -2.42. The lowest BCUT2D eigenvalue weighted by molar-refractivity contribution is -0.125. The third-order valence-corrected chi connectivity index (χ3v) is 6.40. The van der Waals surface area contributed by atoms with E-state index in [-0.39, 0.29) is 5.91 Å². The zero-order valence-corrected chi connectivity index (χ0v) is 17.9. The number of aliphatic imine (C=N–C) groups is 1. The standard InChI is InChI=1S/C24H25ClN4O/c1-17-5-2-3-7-19(17)15-29-23(30)21-16-27(14-18-6-4-8-20(25)13-18)11-9-22(21)28-12-10-26-24(28)29/h2-8,13H,9-12,14-16H2,1H3. The van der Waals surface area contributed by atoms with Crippen LogP contribution in [0.1, 0.15) is 23.1 Å². The average molecular weight is 421 g/mol. The Bertz CT molecular complexity index is 1060. The molecule has 0 spiro atoms. The molecule has 0 radical (unpaired) electrons. The van der Waals surface area contributed by atoms with Crippen LogP contribution >= 0.6 is 11.6 Å². The van der Waals surface area contributed by atoms with Crippen molar-refractivity contribution in [2.24, 2.45) is 4.99 Å². The van der Waals surface area contributed by atoms with Crippen molar-refractivity contribution in [1.82, 2.24) is 14.7 Å². The van der Waals surface area contributed by atoms with E-state index >= 15 is 0 Å². The van der Waals surface area contributed by atoms with Gasteiger partial charge >= 0.3 is 0 Å². The minimum atomic E-state index is 0.0981. The predicted molar refractivity (Wildman–Crippen MR) is 119 cm³/mol. The van der Waals surface area contributed by atoms with Crippen molar-refractivity contribution in [2.45, 2.75) is 26.4 Å². The highest BCUT2D eigenvalue weighted by Gasteiger charge is 2.41. The van der Waals surface area contributed by atoms with Crippen molar-refractivity contribution < 1.29 is 4.79 Å². The Kier molecular flexibility index (Phi) is 5.09. The fourth-order valence-corrected chi connectivity index (χ4v) is 4.82. The molecule has 2 aromatic carbocycles. The number of guanidine groups is 1. The molecule has 0 aliphatic carbocycles. The van der Waals surface area contributed by atoms with Gasteiger partial charge in [-0.1, -0.05) is 48.0 Å². The molecule has 6 heteroatoms. The molecule has 0 N–H and O–H groups in total. The van der Waals surface area contributed by atoms with Crippen LogP contribution in [0.15, 0.2) is 64.8 Å². The topological polar surface area (TPSA) is 39.2 Å². The van der Waals surface area contributed by atoms with Crippen molar-refractivity contribution in [3.05, 3.63) is 81.5 Å². The Hall–Kier alpha value is -2.63. The maximum Gasteiger partial charge on any atom is 0.259 e. The highest BCUT2D eigenvalue weighted by atomic mass is 35.5. The van der Waals surface area contributed by atoms with Crippen molar-refractivity contribution in [3.8, 4) is 0 Å². The van der Waals surface area contributed by atoms with Crippen LogP contribution in [0.4, 0.5) is 0 Å². The van der Waals surface area contributed by atoms with E-state index < -0.39 is 0 Å². The van der Waals surface area contributed by atoms with Crippen LogP contribution < -0.4 is 0 Å². The largest absolute Gasteiger partial charge is 0.314 e. The van der Waals surface area contributed by atoms with Crippen LogP contribution in [0.2, 0.25) is 5.02 Å². The normalized spacial score (nSPS) is 19.1. The third-order valence-electron chi connectivity index (χ3n) is 6.17. The summed E-state index contributed by atoms with van der Waals surface area (Å²) >= 11 is 6.16. The summed E-state index contributed by atoms with van der Waals surface area (Å²) in [6, 6.07) is 16.2. The van der Waals surface area contributed by atoms with Gasteiger partial charge in [-0.25, -0.2) is 0 Å². The van der Waals surface area contributed by atoms with Crippen LogP contribution in [0.5, 0.6) is 0 Å². The maximum atomic E-state index is 13.6. The Labute approximate surface area is 182 Å². The van der Waals surface area contributed by atoms with Crippen LogP contribution in [0.3, 0.4) is 0 Å². The second-order valence-corrected chi connectivity index (χ2v) is 8.60. The summed E-state index contributed by atoms with van der Waals surface area (Å²) in [5, 5.41) is 0.750. The van der Waals surface area contributed by atoms with Crippen molar-refractivity contribution >= 4 is 23.5 Å². The van der Waals surface area contributed by atoms with E-state index in [0.717, 1.165) is 54.7 Å². The Morgan fingerprint density at radius 1 is 1.07 bits per heavy atom. The molecule has 5 nitrogen and oxygen atoms in total. The number of hydrogen-bond donors (Lipinski definition) is 0. The first-order chi connectivity index (χ1) is 14.6. The zero-order valence-electron chi connectivity index (χ0n) is 17.1. The molecule has 0 saturated heterocycles. The van der Waals surface area contributed by atoms with Gasteiger partial charge in [-0.2, -0.15) is 0 Å². The molecule has 0 aromatic heterocycles. The van der Waals surface area contributed by atoms with E-state index in [1.165, 1.54) is 16.8 Å². The van der Waals surface area contributed by atoms with Gasteiger partial charge in [0.05, 0.1) is 18.7 Å². The van der Waals surface area contributed by atoms with Crippen molar-refractivity contribution in [3.63, 3.8) is 0 Å². The number of carbonyl (C=O) groups is 1. The minimum absolute atomic E-state index is 0.0981. The summed E-state index contributed by atoms with van der Waals surface area (Å²) in [5.41, 5.74) is 5.62. The van der Waals surface area contributed by atoms with E-state index in [4.69, 9.17) is 11.6 Å². The van der Waals surface area contributed by atoms with E-state index in [0.29, 0.717) is 13.1 Å². The molecule has 0 unspecified atom stereocenters. The number of benzene rings is 2. The predicted octanol–water partition coefficient (Wildman–Crippen LogP) is 3.82. The SMILES string of the molecule is Cc1ccccc1CN1C(=O)C2=C(CCN(Cc3cccc(Cl)c3)C2)N2CCN=C12. The smallest absolute Gasteiger partial charge is 0.259 e. The van der Waals surface area contributed by atoms with Crippen LogP contribution in [-0.4, -0.2) is 52.7 Å². The molecule has 5 rings (SSSR count). The molecule has 3 aliphatic heterocycles. The minimum Gasteiger partial charge on any atom is -0.314 e. The van der Waals surface area contributed by atoms with Gasteiger partial charge in [0.25, 0.3) is 5.91 Å². The van der Waals surface area contributed by atoms with Gasteiger partial charge in [0, 0.05) is 43.3 Å². The number of carbonyl (C=O) groups excluding carboxylic acids is 1. The lowest BCUT2D eigenvalue weighted by Crippen LogP contribution is -2.53. The number of amides is 1. The maximum absolute atomic E-state index is 13.6. The number of aryl methyl sites for hydroxylation is 1. The first-order valence-electron chi connectivity index (χ1n) is 10.5. The van der Waals surface area contributed by atoms with Gasteiger partial charge in [0.15, 0.2) is 0 Å². The van der Waals surface area contributed by atoms with E-state index in [1.807, 2.05) is 35.2 Å². The first-order valence-corrected chi connectivity index (χ1v) is 10.8. The molecular weight excluding hydrogens is 396 g/mol. The number of halogens is 1. The van der Waals surface area contributed by atoms with Gasteiger partial charge in [-0.3, -0.25) is 19.6 Å². The van der Waals surface area contributed by atoms with E-state index in [9.17, 15) is 4.79 Å². The van der Waals surface area contributed by atoms with Crippen molar-refractivity contribution in [1.29, 1.82) is 0 Å². The highest BCUT2D eigenvalue weighted by Crippen LogP contribution is 2.32. The average Bonchev–Trinajstić information content (AvgIpc) is 3.22. The van der Waals surface area contributed by atoms with Crippen LogP contribution in [0.25, 0.3) is 0 Å². The number of rotatable bonds is 4. The van der Waals surface area contributed by atoms with E-state index in [2.05, 4.69) is 39.9 Å². The van der Waals surface area contributed by atoms with Crippen LogP contribution in [0, 0.1) is 6.92 Å². The molecule has 30 heavy (non-hydrogen) atoms. The monoisotopic (exact) mass is 420 g/mol. The van der Waals surface area contributed by atoms with Gasteiger partial charge in [0.2, 0.25) is 5.96 Å². The molecule has 2 aromatic rings. The summed E-state index contributed by atoms with van der Waals surface area (Å²) in [7, 11) is 0. The van der Waals surface area contributed by atoms with Gasteiger partial charge < -0.3 is 4.90 Å². The zero-order chi connectivity index (χ0) is 20.7. The summed E-state index contributed by atoms with van der Waals surface area (Å²) < 4.78 is 0. The molecule has 154 valence electrons. The number of hydrogen-bond acceptors (Lipinski definition) is 4. The summed E-state index contributed by atoms with van der Waals surface area (Å²) in [5.74, 6) is 0.922. The molecule has 0 saturated carbocycles. The van der Waals surface area contributed by atoms with E-state index in [1.54, 1.807) is 0 Å². The molecular formula is C24H25ClN4O. The first kappa shape index (κ1) is 19.3. The highest BCUT2D eigenvalue weighted by molar-refractivity contribution is 6.30. The summed E-state index contributed by atoms with van der Waals surface area (Å²) in [6.07, 6.45) is 0.874. The second kappa shape index (κ2) is 7.89. The van der Waals surface area contributed by atoms with Crippen LogP contribution in [-0.2, 0) is 17.9 Å². The molecule has 3 aliphatic rings. The summed E-state index contributed by atoms with van der Waals surface area (Å²) in [4.78, 5) is 24.8.